The Morgan fingerprint density at radius 1 is 0.781 bits per heavy atom. The van der Waals surface area contributed by atoms with Crippen molar-refractivity contribution in [3.05, 3.63) is 95.6 Å². The minimum absolute atomic E-state index is 0.176. The number of hydrogen-bond acceptors (Lipinski definition) is 5. The molecule has 0 aliphatic heterocycles. The Bertz CT molecular complexity index is 1150. The first-order valence-electron chi connectivity index (χ1n) is 9.59. The lowest BCUT2D eigenvalue weighted by Crippen LogP contribution is -2.17. The van der Waals surface area contributed by atoms with Crippen LogP contribution in [-0.4, -0.2) is 36.3 Å². The number of amidine groups is 1. The van der Waals surface area contributed by atoms with Crippen molar-refractivity contribution in [3.8, 4) is 0 Å². The highest BCUT2D eigenvalue weighted by molar-refractivity contribution is 8.13. The van der Waals surface area contributed by atoms with E-state index in [0.29, 0.717) is 28.1 Å². The van der Waals surface area contributed by atoms with Crippen LogP contribution in [0.5, 0.6) is 0 Å². The highest BCUT2D eigenvalue weighted by atomic mass is 32.2. The number of nitrogens with one attached hydrogen (secondary N) is 2. The predicted octanol–water partition coefficient (Wildman–Crippen LogP) is 5.07. The van der Waals surface area contributed by atoms with Gasteiger partial charge >= 0.3 is 6.09 Å². The summed E-state index contributed by atoms with van der Waals surface area (Å²) in [7, 11) is 1.23. The average Bonchev–Trinajstić information content (AvgIpc) is 2.85. The SMILES string of the molecule is COC(=O)/N=C(/Nc1cc(C(=O)c2ccccc2)ccc1NC(=O)c1ccccc1)SC. The van der Waals surface area contributed by atoms with Crippen molar-refractivity contribution in [2.45, 2.75) is 0 Å². The Balaban J connectivity index is 1.97. The summed E-state index contributed by atoms with van der Waals surface area (Å²) in [4.78, 5) is 41.0. The molecule has 162 valence electrons. The maximum atomic E-state index is 12.9. The summed E-state index contributed by atoms with van der Waals surface area (Å²) in [6.45, 7) is 0. The Kier molecular flexibility index (Phi) is 7.77. The molecule has 0 radical (unpaired) electrons. The van der Waals surface area contributed by atoms with Crippen LogP contribution in [0.15, 0.2) is 83.9 Å². The fraction of sp³-hybridized carbons (Fsp3) is 0.0833. The fourth-order valence-electron chi connectivity index (χ4n) is 2.81. The third-order valence-electron chi connectivity index (χ3n) is 4.40. The molecule has 3 rings (SSSR count). The van der Waals surface area contributed by atoms with E-state index in [1.807, 2.05) is 12.1 Å². The topological polar surface area (TPSA) is 96.9 Å². The predicted molar refractivity (Wildman–Crippen MR) is 128 cm³/mol. The molecule has 0 atom stereocenters. The van der Waals surface area contributed by atoms with E-state index >= 15 is 0 Å². The Morgan fingerprint density at radius 2 is 1.41 bits per heavy atom. The second-order valence-corrected chi connectivity index (χ2v) is 7.29. The van der Waals surface area contributed by atoms with E-state index in [1.54, 1.807) is 73.0 Å². The maximum Gasteiger partial charge on any atom is 0.435 e. The van der Waals surface area contributed by atoms with E-state index in [-0.39, 0.29) is 16.9 Å². The third-order valence-corrected chi connectivity index (χ3v) is 4.98. The van der Waals surface area contributed by atoms with Crippen molar-refractivity contribution in [1.82, 2.24) is 0 Å². The zero-order chi connectivity index (χ0) is 22.9. The standard InChI is InChI=1S/C24H21N3O4S/c1-31-24(30)27-23(32-2)26-20-15-18(21(28)16-9-5-3-6-10-16)13-14-19(20)25-22(29)17-11-7-4-8-12-17/h3-15H,1-2H3,(H,25,29)(H,26,27,30). The first-order valence-corrected chi connectivity index (χ1v) is 10.8. The monoisotopic (exact) mass is 447 g/mol. The smallest absolute Gasteiger partial charge is 0.435 e. The van der Waals surface area contributed by atoms with Gasteiger partial charge in [0.2, 0.25) is 0 Å². The van der Waals surface area contributed by atoms with Gasteiger partial charge in [-0.05, 0) is 36.6 Å². The Morgan fingerprint density at radius 3 is 2.00 bits per heavy atom. The molecule has 0 saturated heterocycles. The van der Waals surface area contributed by atoms with Crippen molar-refractivity contribution in [1.29, 1.82) is 0 Å². The van der Waals surface area contributed by atoms with Gasteiger partial charge in [0.15, 0.2) is 11.0 Å². The highest BCUT2D eigenvalue weighted by Gasteiger charge is 2.15. The molecule has 3 aromatic rings. The lowest BCUT2D eigenvalue weighted by atomic mass is 10.0. The summed E-state index contributed by atoms with van der Waals surface area (Å²) >= 11 is 1.18. The quantitative estimate of drug-likeness (QED) is 0.322. The zero-order valence-electron chi connectivity index (χ0n) is 17.5. The lowest BCUT2D eigenvalue weighted by Gasteiger charge is -2.15. The molecule has 2 amide bonds. The summed E-state index contributed by atoms with van der Waals surface area (Å²) < 4.78 is 4.59. The molecule has 2 N–H and O–H groups in total. The number of thioether (sulfide) groups is 1. The van der Waals surface area contributed by atoms with Crippen LogP contribution in [0.2, 0.25) is 0 Å². The Hall–Kier alpha value is -3.91. The van der Waals surface area contributed by atoms with Crippen LogP contribution >= 0.6 is 11.8 Å². The van der Waals surface area contributed by atoms with Crippen LogP contribution in [0.25, 0.3) is 0 Å². The molecule has 0 aliphatic carbocycles. The first-order chi connectivity index (χ1) is 15.5. The second kappa shape index (κ2) is 10.9. The number of rotatable bonds is 5. The largest absolute Gasteiger partial charge is 0.451 e. The van der Waals surface area contributed by atoms with Gasteiger partial charge in [-0.25, -0.2) is 4.79 Å². The molecular formula is C24H21N3O4S. The number of hydrogen-bond donors (Lipinski definition) is 2. The number of methoxy groups -OCH3 is 1. The third kappa shape index (κ3) is 5.83. The van der Waals surface area contributed by atoms with Gasteiger partial charge in [0, 0.05) is 16.7 Å². The van der Waals surface area contributed by atoms with Crippen LogP contribution in [0.1, 0.15) is 26.3 Å². The van der Waals surface area contributed by atoms with Gasteiger partial charge in [-0.2, -0.15) is 4.99 Å². The van der Waals surface area contributed by atoms with E-state index in [0.717, 1.165) is 0 Å². The summed E-state index contributed by atoms with van der Waals surface area (Å²) in [6.07, 6.45) is 0.962. The highest BCUT2D eigenvalue weighted by Crippen LogP contribution is 2.26. The first kappa shape index (κ1) is 22.8. The normalized spacial score (nSPS) is 10.9. The van der Waals surface area contributed by atoms with Crippen LogP contribution in [0.4, 0.5) is 16.2 Å². The van der Waals surface area contributed by atoms with Gasteiger partial charge in [0.05, 0.1) is 18.5 Å². The van der Waals surface area contributed by atoms with E-state index in [4.69, 9.17) is 0 Å². The molecule has 0 bridgehead atoms. The maximum absolute atomic E-state index is 12.9. The number of amides is 2. The number of ether oxygens (including phenoxy) is 1. The van der Waals surface area contributed by atoms with E-state index in [1.165, 1.54) is 18.9 Å². The summed E-state index contributed by atoms with van der Waals surface area (Å²) in [5.74, 6) is -0.489. The van der Waals surface area contributed by atoms with Crippen LogP contribution in [0, 0.1) is 0 Å². The van der Waals surface area contributed by atoms with Gasteiger partial charge in [0.1, 0.15) is 0 Å². The molecule has 0 fully saturated rings. The molecule has 3 aromatic carbocycles. The molecule has 0 saturated carbocycles. The minimum atomic E-state index is -0.770. The van der Waals surface area contributed by atoms with Crippen molar-refractivity contribution < 1.29 is 19.1 Å². The molecule has 0 aromatic heterocycles. The van der Waals surface area contributed by atoms with Crippen molar-refractivity contribution in [2.75, 3.05) is 24.0 Å². The lowest BCUT2D eigenvalue weighted by molar-refractivity contribution is 0.102. The van der Waals surface area contributed by atoms with Crippen molar-refractivity contribution in [2.24, 2.45) is 4.99 Å². The number of carbonyl (C=O) groups is 3. The van der Waals surface area contributed by atoms with Crippen LogP contribution in [0.3, 0.4) is 0 Å². The second-order valence-electron chi connectivity index (χ2n) is 6.49. The average molecular weight is 448 g/mol. The number of anilines is 2. The molecule has 8 heteroatoms. The molecule has 0 spiro atoms. The number of nitrogens with zero attached hydrogens (tertiary/aromatic N) is 1. The van der Waals surface area contributed by atoms with E-state index < -0.39 is 6.09 Å². The zero-order valence-corrected chi connectivity index (χ0v) is 18.3. The van der Waals surface area contributed by atoms with E-state index in [2.05, 4.69) is 20.4 Å². The molecule has 7 nitrogen and oxygen atoms in total. The van der Waals surface area contributed by atoms with Gasteiger partial charge in [0.25, 0.3) is 5.91 Å². The number of carbonyl (C=O) groups excluding carboxylic acids is 3. The Labute approximate surface area is 189 Å². The van der Waals surface area contributed by atoms with Crippen molar-refractivity contribution >= 4 is 46.1 Å². The number of benzene rings is 3. The van der Waals surface area contributed by atoms with Gasteiger partial charge < -0.3 is 15.4 Å². The van der Waals surface area contributed by atoms with Gasteiger partial charge in [-0.1, -0.05) is 60.3 Å². The molecule has 0 unspecified atom stereocenters. The van der Waals surface area contributed by atoms with Crippen molar-refractivity contribution in [3.63, 3.8) is 0 Å². The summed E-state index contributed by atoms with van der Waals surface area (Å²) in [6, 6.07) is 22.5. The van der Waals surface area contributed by atoms with E-state index in [9.17, 15) is 14.4 Å². The molecule has 0 heterocycles. The molecular weight excluding hydrogens is 426 g/mol. The van der Waals surface area contributed by atoms with Crippen LogP contribution in [-0.2, 0) is 4.74 Å². The molecule has 0 aliphatic rings. The van der Waals surface area contributed by atoms with Crippen LogP contribution < -0.4 is 10.6 Å². The number of aliphatic imine (C=N–C) groups is 1. The fourth-order valence-corrected chi connectivity index (χ4v) is 3.18. The molecule has 32 heavy (non-hydrogen) atoms. The van der Waals surface area contributed by atoms with Gasteiger partial charge in [-0.15, -0.1) is 0 Å². The number of ketones is 1. The minimum Gasteiger partial charge on any atom is -0.451 e. The summed E-state index contributed by atoms with van der Waals surface area (Å²) in [5, 5.41) is 6.09. The summed E-state index contributed by atoms with van der Waals surface area (Å²) in [5.41, 5.74) is 2.27. The van der Waals surface area contributed by atoms with Gasteiger partial charge in [-0.3, -0.25) is 9.59 Å².